The first-order valence-electron chi connectivity index (χ1n) is 4.47. The van der Waals surface area contributed by atoms with E-state index in [-0.39, 0.29) is 17.5 Å². The molecule has 1 aromatic heterocycles. The lowest BCUT2D eigenvalue weighted by molar-refractivity contribution is -0.117. The van der Waals surface area contributed by atoms with Crippen LogP contribution < -0.4 is 0 Å². The van der Waals surface area contributed by atoms with Crippen LogP contribution in [-0.4, -0.2) is 15.9 Å². The highest BCUT2D eigenvalue weighted by atomic mass is 16.3. The number of ketones is 1. The Hall–Kier alpha value is -1.64. The van der Waals surface area contributed by atoms with Gasteiger partial charge in [-0.05, 0) is 24.3 Å². The Morgan fingerprint density at radius 3 is 2.86 bits per heavy atom. The van der Waals surface area contributed by atoms with Gasteiger partial charge in [0.15, 0.2) is 5.78 Å². The first kappa shape index (κ1) is 10.4. The number of carbonyl (C=O) groups is 1. The predicted molar refractivity (Wildman–Crippen MR) is 54.8 cm³/mol. The third kappa shape index (κ3) is 2.69. The molecule has 0 atom stereocenters. The molecule has 0 fully saturated rings. The summed E-state index contributed by atoms with van der Waals surface area (Å²) >= 11 is 0. The van der Waals surface area contributed by atoms with Gasteiger partial charge in [0.05, 0.1) is 0 Å². The first-order valence-corrected chi connectivity index (χ1v) is 4.47. The number of aromatic nitrogens is 1. The highest BCUT2D eigenvalue weighted by Crippen LogP contribution is 2.14. The van der Waals surface area contributed by atoms with Crippen molar-refractivity contribution in [2.75, 3.05) is 0 Å². The molecule has 0 amide bonds. The molecule has 0 aliphatic heterocycles. The van der Waals surface area contributed by atoms with E-state index in [1.54, 1.807) is 12.3 Å². The molecular weight excluding hydrogens is 178 g/mol. The van der Waals surface area contributed by atoms with E-state index in [4.69, 9.17) is 0 Å². The maximum Gasteiger partial charge on any atom is 0.158 e. The van der Waals surface area contributed by atoms with Crippen LogP contribution in [0.4, 0.5) is 0 Å². The normalized spacial score (nSPS) is 11.1. The van der Waals surface area contributed by atoms with E-state index in [1.807, 2.05) is 13.8 Å². The quantitative estimate of drug-likeness (QED) is 0.743. The highest BCUT2D eigenvalue weighted by molar-refractivity contribution is 5.94. The largest absolute Gasteiger partial charge is 0.506 e. The van der Waals surface area contributed by atoms with Crippen molar-refractivity contribution in [3.8, 4) is 5.75 Å². The van der Waals surface area contributed by atoms with Crippen LogP contribution in [0.25, 0.3) is 6.08 Å². The molecule has 74 valence electrons. The van der Waals surface area contributed by atoms with Crippen LogP contribution >= 0.6 is 0 Å². The molecule has 1 N–H and O–H groups in total. The SMILES string of the molecule is CC(C)C(=O)/C=C/c1ncccc1O. The van der Waals surface area contributed by atoms with Crippen molar-refractivity contribution in [1.82, 2.24) is 4.98 Å². The Morgan fingerprint density at radius 2 is 2.29 bits per heavy atom. The Balaban J connectivity index is 2.79. The van der Waals surface area contributed by atoms with Gasteiger partial charge in [0.25, 0.3) is 0 Å². The Labute approximate surface area is 83.1 Å². The molecule has 0 saturated heterocycles. The monoisotopic (exact) mass is 191 g/mol. The second-order valence-corrected chi connectivity index (χ2v) is 3.30. The van der Waals surface area contributed by atoms with E-state index in [0.29, 0.717) is 5.69 Å². The van der Waals surface area contributed by atoms with Crippen LogP contribution in [0.1, 0.15) is 19.5 Å². The third-order valence-electron chi connectivity index (χ3n) is 1.79. The predicted octanol–water partition coefficient (Wildman–Crippen LogP) is 2.03. The summed E-state index contributed by atoms with van der Waals surface area (Å²) in [4.78, 5) is 15.2. The third-order valence-corrected chi connectivity index (χ3v) is 1.79. The zero-order chi connectivity index (χ0) is 10.6. The summed E-state index contributed by atoms with van der Waals surface area (Å²) in [5.41, 5.74) is 0.418. The molecule has 0 saturated carbocycles. The molecule has 0 spiro atoms. The molecule has 0 aliphatic rings. The maximum absolute atomic E-state index is 11.2. The fourth-order valence-corrected chi connectivity index (χ4v) is 0.891. The van der Waals surface area contributed by atoms with Crippen molar-refractivity contribution in [3.05, 3.63) is 30.1 Å². The molecule has 0 unspecified atom stereocenters. The Bertz CT molecular complexity index is 356. The fraction of sp³-hybridized carbons (Fsp3) is 0.273. The van der Waals surface area contributed by atoms with Gasteiger partial charge in [-0.2, -0.15) is 0 Å². The number of nitrogens with zero attached hydrogens (tertiary/aromatic N) is 1. The van der Waals surface area contributed by atoms with Crippen molar-refractivity contribution in [3.63, 3.8) is 0 Å². The number of aromatic hydroxyl groups is 1. The number of hydrogen-bond acceptors (Lipinski definition) is 3. The van der Waals surface area contributed by atoms with Gasteiger partial charge in [-0.25, -0.2) is 0 Å². The van der Waals surface area contributed by atoms with Gasteiger partial charge < -0.3 is 5.11 Å². The fourth-order valence-electron chi connectivity index (χ4n) is 0.891. The number of hydrogen-bond donors (Lipinski definition) is 1. The summed E-state index contributed by atoms with van der Waals surface area (Å²) in [5.74, 6) is 0.0764. The molecule has 3 heteroatoms. The lowest BCUT2D eigenvalue weighted by Gasteiger charge is -1.98. The van der Waals surface area contributed by atoms with Crippen molar-refractivity contribution >= 4 is 11.9 Å². The molecule has 0 radical (unpaired) electrons. The van der Waals surface area contributed by atoms with Gasteiger partial charge in [-0.15, -0.1) is 0 Å². The van der Waals surface area contributed by atoms with Crippen molar-refractivity contribution in [1.29, 1.82) is 0 Å². The average molecular weight is 191 g/mol. The molecule has 1 heterocycles. The summed E-state index contributed by atoms with van der Waals surface area (Å²) in [6.45, 7) is 3.65. The zero-order valence-electron chi connectivity index (χ0n) is 8.27. The first-order chi connectivity index (χ1) is 6.61. The number of carbonyl (C=O) groups excluding carboxylic acids is 1. The lowest BCUT2D eigenvalue weighted by Crippen LogP contribution is -2.01. The Morgan fingerprint density at radius 1 is 1.57 bits per heavy atom. The van der Waals surface area contributed by atoms with E-state index in [9.17, 15) is 9.90 Å². The second kappa shape index (κ2) is 4.56. The van der Waals surface area contributed by atoms with Crippen LogP contribution in [0.5, 0.6) is 5.75 Å². The number of allylic oxidation sites excluding steroid dienone is 1. The standard InChI is InChI=1S/C11H13NO2/c1-8(2)10(13)6-5-9-11(14)4-3-7-12-9/h3-8,14H,1-2H3/b6-5+. The zero-order valence-corrected chi connectivity index (χ0v) is 8.27. The van der Waals surface area contributed by atoms with E-state index in [1.165, 1.54) is 18.2 Å². The van der Waals surface area contributed by atoms with Crippen LogP contribution in [0.15, 0.2) is 24.4 Å². The topological polar surface area (TPSA) is 50.2 Å². The van der Waals surface area contributed by atoms with E-state index >= 15 is 0 Å². The lowest BCUT2D eigenvalue weighted by atomic mass is 10.1. The number of rotatable bonds is 3. The van der Waals surface area contributed by atoms with Crippen LogP contribution in [-0.2, 0) is 4.79 Å². The van der Waals surface area contributed by atoms with Crippen molar-refractivity contribution in [2.24, 2.45) is 5.92 Å². The summed E-state index contributed by atoms with van der Waals surface area (Å²) in [5, 5.41) is 9.34. The van der Waals surface area contributed by atoms with Crippen LogP contribution in [0, 0.1) is 5.92 Å². The second-order valence-electron chi connectivity index (χ2n) is 3.30. The van der Waals surface area contributed by atoms with Gasteiger partial charge >= 0.3 is 0 Å². The molecular formula is C11H13NO2. The molecule has 0 aromatic carbocycles. The minimum absolute atomic E-state index is 0.0232. The van der Waals surface area contributed by atoms with E-state index in [0.717, 1.165) is 0 Å². The van der Waals surface area contributed by atoms with Gasteiger partial charge in [-0.1, -0.05) is 13.8 Å². The van der Waals surface area contributed by atoms with Gasteiger partial charge in [0.2, 0.25) is 0 Å². The van der Waals surface area contributed by atoms with Crippen LogP contribution in [0.2, 0.25) is 0 Å². The van der Waals surface area contributed by atoms with Gasteiger partial charge in [-0.3, -0.25) is 9.78 Å². The van der Waals surface area contributed by atoms with Gasteiger partial charge in [0, 0.05) is 12.1 Å². The van der Waals surface area contributed by atoms with Crippen LogP contribution in [0.3, 0.4) is 0 Å². The summed E-state index contributed by atoms with van der Waals surface area (Å²) in [6, 6.07) is 3.17. The smallest absolute Gasteiger partial charge is 0.158 e. The van der Waals surface area contributed by atoms with Crippen molar-refractivity contribution in [2.45, 2.75) is 13.8 Å². The van der Waals surface area contributed by atoms with E-state index < -0.39 is 0 Å². The minimum atomic E-state index is -0.0305. The molecule has 14 heavy (non-hydrogen) atoms. The molecule has 0 aliphatic carbocycles. The van der Waals surface area contributed by atoms with E-state index in [2.05, 4.69) is 4.98 Å². The molecule has 0 bridgehead atoms. The highest BCUT2D eigenvalue weighted by Gasteiger charge is 2.02. The summed E-state index contributed by atoms with van der Waals surface area (Å²) < 4.78 is 0. The maximum atomic E-state index is 11.2. The molecule has 1 rings (SSSR count). The minimum Gasteiger partial charge on any atom is -0.506 e. The number of pyridine rings is 1. The molecule has 1 aromatic rings. The van der Waals surface area contributed by atoms with Crippen molar-refractivity contribution < 1.29 is 9.90 Å². The average Bonchev–Trinajstić information content (AvgIpc) is 2.16. The molecule has 3 nitrogen and oxygen atoms in total. The van der Waals surface area contributed by atoms with Gasteiger partial charge in [0.1, 0.15) is 11.4 Å². The summed E-state index contributed by atoms with van der Waals surface area (Å²) in [7, 11) is 0. The Kier molecular flexibility index (Phi) is 3.40. The summed E-state index contributed by atoms with van der Waals surface area (Å²) in [6.07, 6.45) is 4.53.